The lowest BCUT2D eigenvalue weighted by Crippen LogP contribution is -2.27. The molecule has 1 saturated heterocycles. The van der Waals surface area contributed by atoms with Gasteiger partial charge < -0.3 is 10.6 Å². The predicted molar refractivity (Wildman–Crippen MR) is 90.1 cm³/mol. The molecule has 1 amide bonds. The van der Waals surface area contributed by atoms with Crippen molar-refractivity contribution >= 4 is 18.3 Å². The quantitative estimate of drug-likeness (QED) is 0.848. The smallest absolute Gasteiger partial charge is 0.220 e. The molecule has 0 bridgehead atoms. The van der Waals surface area contributed by atoms with Crippen molar-refractivity contribution in [2.45, 2.75) is 39.0 Å². The van der Waals surface area contributed by atoms with Gasteiger partial charge in [-0.05, 0) is 50.3 Å². The number of aryl methyl sites for hydroxylation is 1. The summed E-state index contributed by atoms with van der Waals surface area (Å²) in [6, 6.07) is 8.55. The van der Waals surface area contributed by atoms with E-state index in [4.69, 9.17) is 0 Å². The summed E-state index contributed by atoms with van der Waals surface area (Å²) >= 11 is 0. The maximum atomic E-state index is 11.9. The first-order valence-electron chi connectivity index (χ1n) is 7.69. The SMILES string of the molecule is Cc1ccc(C(C)CNC(=O)CCC2CCNC2)cc1.Cl. The third-order valence-corrected chi connectivity index (χ3v) is 4.19. The van der Waals surface area contributed by atoms with Crippen molar-refractivity contribution < 1.29 is 4.79 Å². The monoisotopic (exact) mass is 310 g/mol. The lowest BCUT2D eigenvalue weighted by atomic mass is 9.99. The summed E-state index contributed by atoms with van der Waals surface area (Å²) < 4.78 is 0. The molecule has 2 unspecified atom stereocenters. The van der Waals surface area contributed by atoms with Gasteiger partial charge in [0.05, 0.1) is 0 Å². The number of nitrogens with one attached hydrogen (secondary N) is 2. The summed E-state index contributed by atoms with van der Waals surface area (Å²) in [6.45, 7) is 7.16. The Labute approximate surface area is 134 Å². The maximum Gasteiger partial charge on any atom is 0.220 e. The van der Waals surface area contributed by atoms with Crippen molar-refractivity contribution in [2.75, 3.05) is 19.6 Å². The fourth-order valence-electron chi connectivity index (χ4n) is 2.66. The number of carbonyl (C=O) groups is 1. The Morgan fingerprint density at radius 1 is 1.38 bits per heavy atom. The largest absolute Gasteiger partial charge is 0.356 e. The second-order valence-corrected chi connectivity index (χ2v) is 6.01. The Kier molecular flexibility index (Phi) is 7.76. The van der Waals surface area contributed by atoms with Gasteiger partial charge in [0, 0.05) is 13.0 Å². The van der Waals surface area contributed by atoms with Gasteiger partial charge >= 0.3 is 0 Å². The molecule has 1 aliphatic rings. The Bertz CT molecular complexity index is 427. The lowest BCUT2D eigenvalue weighted by Gasteiger charge is -2.14. The Hall–Kier alpha value is -1.06. The average Bonchev–Trinajstić information content (AvgIpc) is 2.96. The Morgan fingerprint density at radius 2 is 2.10 bits per heavy atom. The molecule has 3 nitrogen and oxygen atoms in total. The second kappa shape index (κ2) is 9.06. The molecule has 1 heterocycles. The molecule has 1 aliphatic heterocycles. The zero-order valence-corrected chi connectivity index (χ0v) is 13.8. The van der Waals surface area contributed by atoms with Crippen LogP contribution in [0.25, 0.3) is 0 Å². The van der Waals surface area contributed by atoms with Crippen LogP contribution in [0.4, 0.5) is 0 Å². The van der Waals surface area contributed by atoms with Crippen LogP contribution in [0.5, 0.6) is 0 Å². The summed E-state index contributed by atoms with van der Waals surface area (Å²) in [6.07, 6.45) is 2.89. The first kappa shape index (κ1) is 18.0. The van der Waals surface area contributed by atoms with Gasteiger partial charge in [0.25, 0.3) is 0 Å². The molecule has 2 N–H and O–H groups in total. The summed E-state index contributed by atoms with van der Waals surface area (Å²) in [5.74, 6) is 1.25. The summed E-state index contributed by atoms with van der Waals surface area (Å²) in [5.41, 5.74) is 2.56. The molecule has 2 atom stereocenters. The number of hydrogen-bond acceptors (Lipinski definition) is 2. The summed E-state index contributed by atoms with van der Waals surface area (Å²) in [4.78, 5) is 11.9. The molecule has 1 fully saturated rings. The molecule has 21 heavy (non-hydrogen) atoms. The van der Waals surface area contributed by atoms with Gasteiger partial charge in [0.15, 0.2) is 0 Å². The number of benzene rings is 1. The molecule has 0 aromatic heterocycles. The molecular weight excluding hydrogens is 284 g/mol. The predicted octanol–water partition coefficient (Wildman–Crippen LogP) is 3.03. The topological polar surface area (TPSA) is 41.1 Å². The van der Waals surface area contributed by atoms with E-state index < -0.39 is 0 Å². The van der Waals surface area contributed by atoms with E-state index >= 15 is 0 Å². The van der Waals surface area contributed by atoms with Crippen molar-refractivity contribution in [1.82, 2.24) is 10.6 Å². The lowest BCUT2D eigenvalue weighted by molar-refractivity contribution is -0.121. The molecule has 0 radical (unpaired) electrons. The molecule has 0 spiro atoms. The highest BCUT2D eigenvalue weighted by Crippen LogP contribution is 2.16. The highest BCUT2D eigenvalue weighted by Gasteiger charge is 2.16. The average molecular weight is 311 g/mol. The van der Waals surface area contributed by atoms with Crippen molar-refractivity contribution in [1.29, 1.82) is 0 Å². The van der Waals surface area contributed by atoms with Crippen LogP contribution in [-0.4, -0.2) is 25.5 Å². The number of halogens is 1. The molecule has 0 saturated carbocycles. The van der Waals surface area contributed by atoms with E-state index in [1.165, 1.54) is 17.5 Å². The third-order valence-electron chi connectivity index (χ3n) is 4.19. The molecule has 118 valence electrons. The van der Waals surface area contributed by atoms with Crippen molar-refractivity contribution in [3.8, 4) is 0 Å². The molecule has 1 aromatic rings. The van der Waals surface area contributed by atoms with E-state index in [0.717, 1.165) is 26.1 Å². The minimum absolute atomic E-state index is 0. The van der Waals surface area contributed by atoms with Crippen LogP contribution in [0.3, 0.4) is 0 Å². The van der Waals surface area contributed by atoms with Crippen LogP contribution in [0.2, 0.25) is 0 Å². The third kappa shape index (κ3) is 6.06. The van der Waals surface area contributed by atoms with E-state index in [1.807, 2.05) is 0 Å². The molecule has 2 rings (SSSR count). The van der Waals surface area contributed by atoms with E-state index in [-0.39, 0.29) is 18.3 Å². The Balaban J connectivity index is 0.00000220. The van der Waals surface area contributed by atoms with Crippen molar-refractivity contribution in [3.63, 3.8) is 0 Å². The van der Waals surface area contributed by atoms with Crippen LogP contribution in [0, 0.1) is 12.8 Å². The van der Waals surface area contributed by atoms with Gasteiger partial charge in [0.1, 0.15) is 0 Å². The molecular formula is C17H27ClN2O. The highest BCUT2D eigenvalue weighted by atomic mass is 35.5. The highest BCUT2D eigenvalue weighted by molar-refractivity contribution is 5.85. The van der Waals surface area contributed by atoms with Crippen LogP contribution in [0.15, 0.2) is 24.3 Å². The fourth-order valence-corrected chi connectivity index (χ4v) is 2.66. The van der Waals surface area contributed by atoms with E-state index in [2.05, 4.69) is 48.7 Å². The van der Waals surface area contributed by atoms with Gasteiger partial charge in [-0.2, -0.15) is 0 Å². The second-order valence-electron chi connectivity index (χ2n) is 6.01. The Morgan fingerprint density at radius 3 is 2.71 bits per heavy atom. The maximum absolute atomic E-state index is 11.9. The minimum Gasteiger partial charge on any atom is -0.356 e. The first-order chi connectivity index (χ1) is 9.65. The van der Waals surface area contributed by atoms with Gasteiger partial charge in [-0.3, -0.25) is 4.79 Å². The summed E-state index contributed by atoms with van der Waals surface area (Å²) in [5, 5.41) is 6.40. The van der Waals surface area contributed by atoms with Gasteiger partial charge in [-0.1, -0.05) is 36.8 Å². The van der Waals surface area contributed by atoms with E-state index in [9.17, 15) is 4.79 Å². The number of hydrogen-bond donors (Lipinski definition) is 2. The van der Waals surface area contributed by atoms with E-state index in [0.29, 0.717) is 18.3 Å². The zero-order chi connectivity index (χ0) is 14.4. The van der Waals surface area contributed by atoms with Crippen molar-refractivity contribution in [2.24, 2.45) is 5.92 Å². The number of amides is 1. The normalized spacial score (nSPS) is 18.9. The molecule has 4 heteroatoms. The minimum atomic E-state index is 0. The van der Waals surface area contributed by atoms with Gasteiger partial charge in [-0.25, -0.2) is 0 Å². The number of rotatable bonds is 6. The van der Waals surface area contributed by atoms with Crippen LogP contribution < -0.4 is 10.6 Å². The van der Waals surface area contributed by atoms with Crippen LogP contribution in [-0.2, 0) is 4.79 Å². The van der Waals surface area contributed by atoms with Gasteiger partial charge in [0.2, 0.25) is 5.91 Å². The summed E-state index contributed by atoms with van der Waals surface area (Å²) in [7, 11) is 0. The van der Waals surface area contributed by atoms with Crippen molar-refractivity contribution in [3.05, 3.63) is 35.4 Å². The first-order valence-corrected chi connectivity index (χ1v) is 7.69. The van der Waals surface area contributed by atoms with E-state index in [1.54, 1.807) is 0 Å². The van der Waals surface area contributed by atoms with Crippen LogP contribution in [0.1, 0.15) is 43.2 Å². The fraction of sp³-hybridized carbons (Fsp3) is 0.588. The van der Waals surface area contributed by atoms with Gasteiger partial charge in [-0.15, -0.1) is 12.4 Å². The molecule has 1 aromatic carbocycles. The zero-order valence-electron chi connectivity index (χ0n) is 13.0. The number of carbonyl (C=O) groups excluding carboxylic acids is 1. The van der Waals surface area contributed by atoms with Crippen LogP contribution >= 0.6 is 12.4 Å². The molecule has 0 aliphatic carbocycles. The standard InChI is InChI=1S/C17H26N2O.ClH/c1-13-3-6-16(7-4-13)14(2)11-19-17(20)8-5-15-9-10-18-12-15;/h3-4,6-7,14-15,18H,5,8-12H2,1-2H3,(H,19,20);1H.